The molecule has 2 aromatic rings. The van der Waals surface area contributed by atoms with Crippen LogP contribution in [0.4, 0.5) is 5.69 Å². The fourth-order valence-corrected chi connectivity index (χ4v) is 2.25. The number of hydrogen-bond acceptors (Lipinski definition) is 3. The zero-order valence-electron chi connectivity index (χ0n) is 12.9. The Hall–Kier alpha value is -2.33. The molecule has 2 rings (SSSR count). The molecular formula is C18H23N3O. The first-order chi connectivity index (χ1) is 10.5. The second-order valence-corrected chi connectivity index (χ2v) is 5.82. The average molecular weight is 297 g/mol. The van der Waals surface area contributed by atoms with Crippen LogP contribution >= 0.6 is 0 Å². The van der Waals surface area contributed by atoms with E-state index in [4.69, 9.17) is 11.5 Å². The molecule has 0 saturated heterocycles. The predicted molar refractivity (Wildman–Crippen MR) is 90.6 cm³/mol. The first-order valence-corrected chi connectivity index (χ1v) is 7.43. The summed E-state index contributed by atoms with van der Waals surface area (Å²) in [5, 5.41) is 3.38. The van der Waals surface area contributed by atoms with Gasteiger partial charge in [-0.25, -0.2) is 0 Å². The van der Waals surface area contributed by atoms with Gasteiger partial charge < -0.3 is 16.8 Å². The van der Waals surface area contributed by atoms with E-state index in [2.05, 4.69) is 17.4 Å². The molecule has 4 nitrogen and oxygen atoms in total. The summed E-state index contributed by atoms with van der Waals surface area (Å²) in [5.74, 6) is -0.488. The summed E-state index contributed by atoms with van der Waals surface area (Å²) in [7, 11) is 0. The van der Waals surface area contributed by atoms with Gasteiger partial charge in [0.05, 0.1) is 5.54 Å². The molecule has 22 heavy (non-hydrogen) atoms. The third-order valence-electron chi connectivity index (χ3n) is 3.67. The molecule has 0 radical (unpaired) electrons. The molecule has 5 N–H and O–H groups in total. The van der Waals surface area contributed by atoms with Gasteiger partial charge in [-0.3, -0.25) is 4.79 Å². The van der Waals surface area contributed by atoms with E-state index in [0.717, 1.165) is 24.2 Å². The van der Waals surface area contributed by atoms with E-state index in [1.54, 1.807) is 6.92 Å². The van der Waals surface area contributed by atoms with Crippen LogP contribution in [0.15, 0.2) is 54.6 Å². The number of hydrogen-bond donors (Lipinski definition) is 3. The monoisotopic (exact) mass is 297 g/mol. The van der Waals surface area contributed by atoms with Gasteiger partial charge in [-0.1, -0.05) is 42.5 Å². The fourth-order valence-electron chi connectivity index (χ4n) is 2.25. The molecule has 0 aromatic heterocycles. The lowest BCUT2D eigenvalue weighted by atomic mass is 9.93. The highest BCUT2D eigenvalue weighted by atomic mass is 16.1. The summed E-state index contributed by atoms with van der Waals surface area (Å²) >= 11 is 0. The van der Waals surface area contributed by atoms with E-state index in [-0.39, 0.29) is 0 Å². The summed E-state index contributed by atoms with van der Waals surface area (Å²) in [4.78, 5) is 11.3. The van der Waals surface area contributed by atoms with Crippen molar-refractivity contribution in [2.45, 2.75) is 25.3 Å². The topological polar surface area (TPSA) is 81.1 Å². The maximum atomic E-state index is 11.3. The lowest BCUT2D eigenvalue weighted by Gasteiger charge is -2.20. The number of anilines is 1. The van der Waals surface area contributed by atoms with Crippen LogP contribution in [0.25, 0.3) is 0 Å². The number of nitrogens with one attached hydrogen (secondary N) is 1. The van der Waals surface area contributed by atoms with Gasteiger partial charge in [0.2, 0.25) is 5.91 Å². The second kappa shape index (κ2) is 7.09. The number of primary amides is 1. The van der Waals surface area contributed by atoms with Crippen LogP contribution in [0.5, 0.6) is 0 Å². The molecule has 0 aliphatic heterocycles. The van der Waals surface area contributed by atoms with Crippen LogP contribution in [0, 0.1) is 0 Å². The van der Waals surface area contributed by atoms with Crippen LogP contribution in [0.1, 0.15) is 18.1 Å². The Bertz CT molecular complexity index is 606. The number of carbonyl (C=O) groups is 1. The van der Waals surface area contributed by atoms with Gasteiger partial charge in [0, 0.05) is 12.2 Å². The molecule has 0 saturated carbocycles. The highest BCUT2D eigenvalue weighted by molar-refractivity contribution is 5.84. The van der Waals surface area contributed by atoms with E-state index < -0.39 is 11.4 Å². The van der Waals surface area contributed by atoms with E-state index >= 15 is 0 Å². The van der Waals surface area contributed by atoms with Crippen molar-refractivity contribution in [2.24, 2.45) is 11.5 Å². The van der Waals surface area contributed by atoms with Crippen LogP contribution in [0.2, 0.25) is 0 Å². The third kappa shape index (κ3) is 4.60. The van der Waals surface area contributed by atoms with Crippen molar-refractivity contribution in [2.75, 3.05) is 11.9 Å². The molecule has 1 unspecified atom stereocenters. The van der Waals surface area contributed by atoms with Crippen molar-refractivity contribution < 1.29 is 4.79 Å². The van der Waals surface area contributed by atoms with E-state index in [0.29, 0.717) is 6.42 Å². The number of benzene rings is 2. The Morgan fingerprint density at radius 2 is 1.68 bits per heavy atom. The van der Waals surface area contributed by atoms with Crippen molar-refractivity contribution in [3.8, 4) is 0 Å². The summed E-state index contributed by atoms with van der Waals surface area (Å²) in [5.41, 5.74) is 13.5. The minimum Gasteiger partial charge on any atom is -0.385 e. The van der Waals surface area contributed by atoms with Crippen LogP contribution < -0.4 is 16.8 Å². The molecule has 0 heterocycles. The van der Waals surface area contributed by atoms with Crippen molar-refractivity contribution in [1.82, 2.24) is 0 Å². The lowest BCUT2D eigenvalue weighted by molar-refractivity contribution is -0.122. The largest absolute Gasteiger partial charge is 0.385 e. The SMILES string of the molecule is CC(N)(Cc1ccc(NCCc2ccccc2)cc1)C(N)=O. The molecule has 4 heteroatoms. The molecule has 0 spiro atoms. The first kappa shape index (κ1) is 16.0. The zero-order valence-corrected chi connectivity index (χ0v) is 12.9. The molecule has 1 amide bonds. The number of amides is 1. The van der Waals surface area contributed by atoms with E-state index in [1.165, 1.54) is 5.56 Å². The Labute approximate surface area is 131 Å². The summed E-state index contributed by atoms with van der Waals surface area (Å²) in [6.07, 6.45) is 1.41. The quantitative estimate of drug-likeness (QED) is 0.732. The summed E-state index contributed by atoms with van der Waals surface area (Å²) in [6.45, 7) is 2.53. The fraction of sp³-hybridized carbons (Fsp3) is 0.278. The molecule has 1 atom stereocenters. The van der Waals surface area contributed by atoms with Gasteiger partial charge in [-0.05, 0) is 43.0 Å². The van der Waals surface area contributed by atoms with Gasteiger partial charge in [0.15, 0.2) is 0 Å². The number of rotatable bonds is 7. The smallest absolute Gasteiger partial charge is 0.237 e. The van der Waals surface area contributed by atoms with Gasteiger partial charge in [0.1, 0.15) is 0 Å². The van der Waals surface area contributed by atoms with Crippen LogP contribution in [-0.4, -0.2) is 18.0 Å². The minimum atomic E-state index is -1.01. The lowest BCUT2D eigenvalue weighted by Crippen LogP contribution is -2.51. The standard InChI is InChI=1S/C18H23N3O/c1-18(20,17(19)22)13-15-7-9-16(10-8-15)21-12-11-14-5-3-2-4-6-14/h2-10,21H,11-13,20H2,1H3,(H2,19,22). The Balaban J connectivity index is 1.85. The molecule has 0 aliphatic rings. The van der Waals surface area contributed by atoms with Crippen LogP contribution in [-0.2, 0) is 17.6 Å². The highest BCUT2D eigenvalue weighted by Gasteiger charge is 2.25. The van der Waals surface area contributed by atoms with Crippen molar-refractivity contribution in [3.05, 3.63) is 65.7 Å². The van der Waals surface area contributed by atoms with Crippen molar-refractivity contribution in [1.29, 1.82) is 0 Å². The Morgan fingerprint density at radius 1 is 1.05 bits per heavy atom. The van der Waals surface area contributed by atoms with E-state index in [1.807, 2.05) is 42.5 Å². The molecule has 0 bridgehead atoms. The van der Waals surface area contributed by atoms with Crippen molar-refractivity contribution >= 4 is 11.6 Å². The minimum absolute atomic E-state index is 0.437. The number of nitrogens with two attached hydrogens (primary N) is 2. The van der Waals surface area contributed by atoms with Crippen molar-refractivity contribution in [3.63, 3.8) is 0 Å². The molecule has 2 aromatic carbocycles. The summed E-state index contributed by atoms with van der Waals surface area (Å²) < 4.78 is 0. The zero-order chi connectivity index (χ0) is 16.0. The third-order valence-corrected chi connectivity index (χ3v) is 3.67. The molecule has 0 fully saturated rings. The normalized spacial score (nSPS) is 13.4. The average Bonchev–Trinajstić information content (AvgIpc) is 2.50. The maximum absolute atomic E-state index is 11.3. The first-order valence-electron chi connectivity index (χ1n) is 7.43. The maximum Gasteiger partial charge on any atom is 0.237 e. The molecule has 116 valence electrons. The van der Waals surface area contributed by atoms with Gasteiger partial charge in [-0.2, -0.15) is 0 Å². The molecule has 0 aliphatic carbocycles. The summed E-state index contributed by atoms with van der Waals surface area (Å²) in [6, 6.07) is 18.3. The number of carbonyl (C=O) groups excluding carboxylic acids is 1. The Kier molecular flexibility index (Phi) is 5.17. The highest BCUT2D eigenvalue weighted by Crippen LogP contribution is 2.14. The van der Waals surface area contributed by atoms with E-state index in [9.17, 15) is 4.79 Å². The van der Waals surface area contributed by atoms with Gasteiger partial charge in [-0.15, -0.1) is 0 Å². The Morgan fingerprint density at radius 3 is 2.27 bits per heavy atom. The van der Waals surface area contributed by atoms with Gasteiger partial charge in [0.25, 0.3) is 0 Å². The van der Waals surface area contributed by atoms with Gasteiger partial charge >= 0.3 is 0 Å². The second-order valence-electron chi connectivity index (χ2n) is 5.82. The van der Waals surface area contributed by atoms with Crippen LogP contribution in [0.3, 0.4) is 0 Å². The predicted octanol–water partition coefficient (Wildman–Crippen LogP) is 2.09. The molecular weight excluding hydrogens is 274 g/mol.